The molecule has 0 heterocycles. The average Bonchev–Trinajstić information content (AvgIpc) is 2.68. The molecule has 0 atom stereocenters. The summed E-state index contributed by atoms with van der Waals surface area (Å²) in [6.07, 6.45) is 0. The van der Waals surface area contributed by atoms with Gasteiger partial charge < -0.3 is 15.4 Å². The van der Waals surface area contributed by atoms with Gasteiger partial charge in [0.2, 0.25) is 5.91 Å². The van der Waals surface area contributed by atoms with E-state index < -0.39 is 0 Å². The van der Waals surface area contributed by atoms with E-state index in [0.717, 1.165) is 0 Å². The van der Waals surface area contributed by atoms with E-state index in [9.17, 15) is 14.0 Å². The minimum Gasteiger partial charge on any atom is -0.493 e. The van der Waals surface area contributed by atoms with Gasteiger partial charge in [-0.1, -0.05) is 30.3 Å². The highest BCUT2D eigenvalue weighted by molar-refractivity contribution is 7.98. The van der Waals surface area contributed by atoms with Gasteiger partial charge in [-0.3, -0.25) is 9.59 Å². The zero-order valence-corrected chi connectivity index (χ0v) is 16.0. The van der Waals surface area contributed by atoms with Gasteiger partial charge >= 0.3 is 0 Å². The fraction of sp³-hybridized carbons (Fsp3) is 0.300. The van der Waals surface area contributed by atoms with Crippen molar-refractivity contribution in [3.63, 3.8) is 0 Å². The van der Waals surface area contributed by atoms with Crippen molar-refractivity contribution in [2.75, 3.05) is 25.4 Å². The van der Waals surface area contributed by atoms with E-state index in [2.05, 4.69) is 10.6 Å². The molecule has 2 aromatic rings. The molecule has 0 aliphatic carbocycles. The SMILES string of the molecule is CCOc1ccccc1C(=O)NCC(=O)NCCSCc1ccccc1F. The zero-order chi connectivity index (χ0) is 19.5. The van der Waals surface area contributed by atoms with Gasteiger partial charge in [-0.05, 0) is 30.7 Å². The van der Waals surface area contributed by atoms with Crippen LogP contribution in [-0.2, 0) is 10.5 Å². The van der Waals surface area contributed by atoms with Crippen LogP contribution in [0.4, 0.5) is 4.39 Å². The summed E-state index contributed by atoms with van der Waals surface area (Å²) in [6.45, 7) is 2.63. The highest BCUT2D eigenvalue weighted by atomic mass is 32.2. The third-order valence-corrected chi connectivity index (χ3v) is 4.63. The summed E-state index contributed by atoms with van der Waals surface area (Å²) >= 11 is 1.53. The molecule has 2 amide bonds. The van der Waals surface area contributed by atoms with Crippen LogP contribution in [0.5, 0.6) is 5.75 Å². The van der Waals surface area contributed by atoms with Gasteiger partial charge in [-0.2, -0.15) is 11.8 Å². The number of halogens is 1. The van der Waals surface area contributed by atoms with Crippen molar-refractivity contribution in [3.05, 3.63) is 65.5 Å². The number of rotatable bonds is 10. The van der Waals surface area contributed by atoms with Crippen LogP contribution in [-0.4, -0.2) is 37.3 Å². The number of hydrogen-bond acceptors (Lipinski definition) is 4. The van der Waals surface area contributed by atoms with Crippen molar-refractivity contribution in [2.24, 2.45) is 0 Å². The van der Waals surface area contributed by atoms with Crippen molar-refractivity contribution < 1.29 is 18.7 Å². The topological polar surface area (TPSA) is 67.4 Å². The molecule has 0 saturated carbocycles. The Morgan fingerprint density at radius 2 is 1.81 bits per heavy atom. The molecule has 0 saturated heterocycles. The minimum absolute atomic E-state index is 0.114. The Morgan fingerprint density at radius 3 is 2.59 bits per heavy atom. The Morgan fingerprint density at radius 1 is 1.07 bits per heavy atom. The number of ether oxygens (including phenoxy) is 1. The summed E-state index contributed by atoms with van der Waals surface area (Å²) in [5, 5.41) is 5.32. The van der Waals surface area contributed by atoms with E-state index in [1.807, 2.05) is 6.92 Å². The third kappa shape index (κ3) is 6.94. The molecule has 2 aromatic carbocycles. The molecule has 0 unspecified atom stereocenters. The average molecular weight is 390 g/mol. The van der Waals surface area contributed by atoms with Gasteiger partial charge in [0.05, 0.1) is 18.7 Å². The maximum absolute atomic E-state index is 13.5. The van der Waals surface area contributed by atoms with Gasteiger partial charge in [0, 0.05) is 18.1 Å². The molecule has 0 spiro atoms. The number of carbonyl (C=O) groups is 2. The molecule has 0 radical (unpaired) electrons. The number of hydrogen-bond donors (Lipinski definition) is 2. The summed E-state index contributed by atoms with van der Waals surface area (Å²) in [5.41, 5.74) is 1.04. The quantitative estimate of drug-likeness (QED) is 0.612. The van der Waals surface area contributed by atoms with Crippen molar-refractivity contribution in [3.8, 4) is 5.75 Å². The first-order valence-electron chi connectivity index (χ1n) is 8.69. The maximum Gasteiger partial charge on any atom is 0.255 e. The van der Waals surface area contributed by atoms with E-state index in [1.165, 1.54) is 17.8 Å². The first-order valence-corrected chi connectivity index (χ1v) is 9.85. The number of benzene rings is 2. The molecular weight excluding hydrogens is 367 g/mol. The van der Waals surface area contributed by atoms with Crippen LogP contribution in [0.25, 0.3) is 0 Å². The smallest absolute Gasteiger partial charge is 0.255 e. The molecule has 144 valence electrons. The van der Waals surface area contributed by atoms with Crippen LogP contribution in [0.1, 0.15) is 22.8 Å². The lowest BCUT2D eigenvalue weighted by molar-refractivity contribution is -0.120. The first-order chi connectivity index (χ1) is 13.1. The van der Waals surface area contributed by atoms with E-state index >= 15 is 0 Å². The highest BCUT2D eigenvalue weighted by Crippen LogP contribution is 2.17. The summed E-state index contributed by atoms with van der Waals surface area (Å²) in [4.78, 5) is 24.0. The zero-order valence-electron chi connectivity index (χ0n) is 15.2. The lowest BCUT2D eigenvalue weighted by Gasteiger charge is -2.10. The summed E-state index contributed by atoms with van der Waals surface area (Å²) in [5.74, 6) is 0.840. The lowest BCUT2D eigenvalue weighted by atomic mass is 10.2. The predicted octanol–water partition coefficient (Wildman–Crippen LogP) is 3.00. The van der Waals surface area contributed by atoms with Crippen LogP contribution in [0, 0.1) is 5.82 Å². The molecule has 0 aliphatic heterocycles. The predicted molar refractivity (Wildman–Crippen MR) is 106 cm³/mol. The van der Waals surface area contributed by atoms with Crippen molar-refractivity contribution in [2.45, 2.75) is 12.7 Å². The van der Waals surface area contributed by atoms with E-state index in [4.69, 9.17) is 4.74 Å². The van der Waals surface area contributed by atoms with Gasteiger partial charge in [-0.25, -0.2) is 4.39 Å². The van der Waals surface area contributed by atoms with Crippen molar-refractivity contribution in [1.82, 2.24) is 10.6 Å². The molecule has 27 heavy (non-hydrogen) atoms. The molecule has 5 nitrogen and oxygen atoms in total. The fourth-order valence-corrected chi connectivity index (χ4v) is 3.16. The monoisotopic (exact) mass is 390 g/mol. The van der Waals surface area contributed by atoms with Crippen molar-refractivity contribution in [1.29, 1.82) is 0 Å². The standard InChI is InChI=1S/C20H23FN2O3S/c1-2-26-18-10-6-4-8-16(18)20(25)23-13-19(24)22-11-12-27-14-15-7-3-5-9-17(15)21/h3-10H,2,11-14H2,1H3,(H,22,24)(H,23,25). The summed E-state index contributed by atoms with van der Waals surface area (Å²) < 4.78 is 18.9. The minimum atomic E-state index is -0.358. The van der Waals surface area contributed by atoms with Gasteiger partial charge in [0.1, 0.15) is 11.6 Å². The molecule has 7 heteroatoms. The molecule has 0 bridgehead atoms. The Balaban J connectivity index is 1.66. The molecule has 0 aliphatic rings. The van der Waals surface area contributed by atoms with E-state index in [0.29, 0.717) is 41.5 Å². The van der Waals surface area contributed by atoms with Crippen LogP contribution < -0.4 is 15.4 Å². The molecule has 2 N–H and O–H groups in total. The van der Waals surface area contributed by atoms with Crippen molar-refractivity contribution >= 4 is 23.6 Å². The van der Waals surface area contributed by atoms with Crippen LogP contribution in [0.15, 0.2) is 48.5 Å². The second-order valence-corrected chi connectivity index (χ2v) is 6.71. The van der Waals surface area contributed by atoms with Crippen LogP contribution in [0.2, 0.25) is 0 Å². The Kier molecular flexibility index (Phi) is 8.64. The summed E-state index contributed by atoms with van der Waals surface area (Å²) in [6, 6.07) is 13.5. The number of nitrogens with one attached hydrogen (secondary N) is 2. The summed E-state index contributed by atoms with van der Waals surface area (Å²) in [7, 11) is 0. The number of thioether (sulfide) groups is 1. The second kappa shape index (κ2) is 11.2. The molecule has 2 rings (SSSR count). The number of carbonyl (C=O) groups excluding carboxylic acids is 2. The molecular formula is C20H23FN2O3S. The van der Waals surface area contributed by atoms with Crippen LogP contribution >= 0.6 is 11.8 Å². The van der Waals surface area contributed by atoms with E-state index in [-0.39, 0.29) is 24.2 Å². The highest BCUT2D eigenvalue weighted by Gasteiger charge is 2.12. The Labute approximate surface area is 162 Å². The Bertz CT molecular complexity index is 770. The van der Waals surface area contributed by atoms with E-state index in [1.54, 1.807) is 42.5 Å². The maximum atomic E-state index is 13.5. The molecule has 0 aromatic heterocycles. The van der Waals surface area contributed by atoms with Gasteiger partial charge in [-0.15, -0.1) is 0 Å². The number of amides is 2. The molecule has 0 fully saturated rings. The first kappa shape index (κ1) is 20.8. The third-order valence-electron chi connectivity index (χ3n) is 3.62. The van der Waals surface area contributed by atoms with Crippen LogP contribution in [0.3, 0.4) is 0 Å². The fourth-order valence-electron chi connectivity index (χ4n) is 2.31. The normalized spacial score (nSPS) is 10.3. The second-order valence-electron chi connectivity index (χ2n) is 5.61. The van der Waals surface area contributed by atoms with Gasteiger partial charge in [0.25, 0.3) is 5.91 Å². The van der Waals surface area contributed by atoms with Gasteiger partial charge in [0.15, 0.2) is 0 Å². The largest absolute Gasteiger partial charge is 0.493 e. The lowest BCUT2D eigenvalue weighted by Crippen LogP contribution is -2.37. The number of para-hydroxylation sites is 1. The Hall–Kier alpha value is -2.54.